The minimum Gasteiger partial charge on any atom is -0.342 e. The Morgan fingerprint density at radius 2 is 1.95 bits per heavy atom. The van der Waals surface area contributed by atoms with E-state index in [1.54, 1.807) is 11.0 Å². The molecule has 0 radical (unpaired) electrons. The Morgan fingerprint density at radius 1 is 1.21 bits per heavy atom. The third-order valence-electron chi connectivity index (χ3n) is 3.21. The van der Waals surface area contributed by atoms with Crippen molar-refractivity contribution in [2.75, 3.05) is 26.2 Å². The molecule has 19 heavy (non-hydrogen) atoms. The summed E-state index contributed by atoms with van der Waals surface area (Å²) < 4.78 is 26.8. The molecule has 0 saturated carbocycles. The normalized spacial score (nSPS) is 18.3. The molecule has 1 aromatic rings. The molecule has 0 aromatic carbocycles. The van der Waals surface area contributed by atoms with Crippen LogP contribution in [0.3, 0.4) is 0 Å². The minimum absolute atomic E-state index is 0.00576. The highest BCUT2D eigenvalue weighted by atomic mass is 32.2. The van der Waals surface area contributed by atoms with Gasteiger partial charge in [0, 0.05) is 38.0 Å². The van der Waals surface area contributed by atoms with Crippen molar-refractivity contribution in [3.8, 4) is 0 Å². The fraction of sp³-hybridized carbons (Fsp3) is 0.583. The van der Waals surface area contributed by atoms with Gasteiger partial charge in [-0.2, -0.15) is 4.31 Å². The van der Waals surface area contributed by atoms with Crippen LogP contribution in [0.2, 0.25) is 0 Å². The van der Waals surface area contributed by atoms with Gasteiger partial charge < -0.3 is 4.90 Å². The van der Waals surface area contributed by atoms with Crippen LogP contribution >= 0.6 is 11.3 Å². The highest BCUT2D eigenvalue weighted by Gasteiger charge is 2.28. The van der Waals surface area contributed by atoms with Gasteiger partial charge in [0.25, 0.3) is 10.0 Å². The standard InChI is InChI=1S/C12H18N2O3S2/c1-10-4-5-12(18-10)19(16,17)14-7-3-6-13(8-9-14)11(2)15/h4-5H,3,6-9H2,1-2H3. The molecule has 0 N–H and O–H groups in total. The summed E-state index contributed by atoms with van der Waals surface area (Å²) in [7, 11) is -3.40. The second-order valence-electron chi connectivity index (χ2n) is 4.63. The van der Waals surface area contributed by atoms with E-state index in [-0.39, 0.29) is 5.91 Å². The molecule has 0 atom stereocenters. The molecule has 7 heteroatoms. The smallest absolute Gasteiger partial charge is 0.252 e. The van der Waals surface area contributed by atoms with Crippen LogP contribution < -0.4 is 0 Å². The number of hydrogen-bond donors (Lipinski definition) is 0. The summed E-state index contributed by atoms with van der Waals surface area (Å²) in [6.45, 7) is 5.36. The van der Waals surface area contributed by atoms with Crippen LogP contribution in [0, 0.1) is 6.92 Å². The molecule has 1 aliphatic heterocycles. The first-order valence-electron chi connectivity index (χ1n) is 6.23. The van der Waals surface area contributed by atoms with Crippen LogP contribution in [-0.4, -0.2) is 49.7 Å². The Bertz CT molecular complexity index is 565. The Kier molecular flexibility index (Phi) is 4.27. The predicted molar refractivity (Wildman–Crippen MR) is 74.7 cm³/mol. The molecule has 5 nitrogen and oxygen atoms in total. The molecular weight excluding hydrogens is 284 g/mol. The molecule has 2 heterocycles. The van der Waals surface area contributed by atoms with Gasteiger partial charge in [0.05, 0.1) is 0 Å². The molecule has 0 unspecified atom stereocenters. The number of nitrogens with zero attached hydrogens (tertiary/aromatic N) is 2. The molecule has 2 rings (SSSR count). The van der Waals surface area contributed by atoms with E-state index in [2.05, 4.69) is 0 Å². The van der Waals surface area contributed by atoms with Gasteiger partial charge in [-0.05, 0) is 25.5 Å². The van der Waals surface area contributed by atoms with E-state index in [0.717, 1.165) is 4.88 Å². The van der Waals surface area contributed by atoms with Gasteiger partial charge in [-0.1, -0.05) is 0 Å². The number of sulfonamides is 1. The van der Waals surface area contributed by atoms with Crippen molar-refractivity contribution in [1.29, 1.82) is 0 Å². The van der Waals surface area contributed by atoms with E-state index in [0.29, 0.717) is 36.8 Å². The zero-order valence-electron chi connectivity index (χ0n) is 11.1. The highest BCUT2D eigenvalue weighted by molar-refractivity contribution is 7.91. The number of carbonyl (C=O) groups is 1. The Hall–Kier alpha value is -0.920. The number of aryl methyl sites for hydroxylation is 1. The molecule has 0 spiro atoms. The van der Waals surface area contributed by atoms with E-state index in [4.69, 9.17) is 0 Å². The second-order valence-corrected chi connectivity index (χ2v) is 8.08. The Balaban J connectivity index is 2.16. The number of carbonyl (C=O) groups excluding carboxylic acids is 1. The van der Waals surface area contributed by atoms with Crippen molar-refractivity contribution in [1.82, 2.24) is 9.21 Å². The SMILES string of the molecule is CC(=O)N1CCCN(S(=O)(=O)c2ccc(C)s2)CC1. The largest absolute Gasteiger partial charge is 0.342 e. The molecule has 106 valence electrons. The lowest BCUT2D eigenvalue weighted by atomic mass is 10.4. The van der Waals surface area contributed by atoms with E-state index in [1.807, 2.05) is 13.0 Å². The Labute approximate surface area is 117 Å². The first kappa shape index (κ1) is 14.5. The quantitative estimate of drug-likeness (QED) is 0.827. The Morgan fingerprint density at radius 3 is 2.53 bits per heavy atom. The molecular formula is C12H18N2O3S2. The lowest BCUT2D eigenvalue weighted by molar-refractivity contribution is -0.128. The van der Waals surface area contributed by atoms with E-state index in [9.17, 15) is 13.2 Å². The summed E-state index contributed by atoms with van der Waals surface area (Å²) in [5, 5.41) is 0. The number of thiophene rings is 1. The van der Waals surface area contributed by atoms with Crippen LogP contribution in [0.15, 0.2) is 16.3 Å². The number of hydrogen-bond acceptors (Lipinski definition) is 4. The maximum absolute atomic E-state index is 12.5. The summed E-state index contributed by atoms with van der Waals surface area (Å²) >= 11 is 1.29. The summed E-state index contributed by atoms with van der Waals surface area (Å²) in [4.78, 5) is 14.0. The van der Waals surface area contributed by atoms with E-state index in [1.165, 1.54) is 22.6 Å². The maximum atomic E-state index is 12.5. The average Bonchev–Trinajstić information content (AvgIpc) is 2.65. The predicted octanol–water partition coefficient (Wildman–Crippen LogP) is 1.30. The van der Waals surface area contributed by atoms with Gasteiger partial charge in [0.1, 0.15) is 4.21 Å². The van der Waals surface area contributed by atoms with Crippen LogP contribution in [0.5, 0.6) is 0 Å². The van der Waals surface area contributed by atoms with Crippen molar-refractivity contribution in [3.05, 3.63) is 17.0 Å². The second kappa shape index (κ2) is 5.60. The first-order chi connectivity index (χ1) is 8.91. The van der Waals surface area contributed by atoms with Crippen molar-refractivity contribution < 1.29 is 13.2 Å². The van der Waals surface area contributed by atoms with Gasteiger partial charge in [-0.3, -0.25) is 4.79 Å². The van der Waals surface area contributed by atoms with Crippen molar-refractivity contribution in [3.63, 3.8) is 0 Å². The van der Waals surface area contributed by atoms with Crippen molar-refractivity contribution in [2.24, 2.45) is 0 Å². The van der Waals surface area contributed by atoms with E-state index >= 15 is 0 Å². The molecule has 1 fully saturated rings. The summed E-state index contributed by atoms with van der Waals surface area (Å²) in [6, 6.07) is 3.47. The molecule has 1 aromatic heterocycles. The lowest BCUT2D eigenvalue weighted by Gasteiger charge is -2.20. The van der Waals surface area contributed by atoms with Crippen LogP contribution in [-0.2, 0) is 14.8 Å². The first-order valence-corrected chi connectivity index (χ1v) is 8.49. The van der Waals surface area contributed by atoms with Gasteiger partial charge in [0.15, 0.2) is 0 Å². The maximum Gasteiger partial charge on any atom is 0.252 e. The average molecular weight is 302 g/mol. The third-order valence-corrected chi connectivity index (χ3v) is 6.58. The van der Waals surface area contributed by atoms with E-state index < -0.39 is 10.0 Å². The van der Waals surface area contributed by atoms with Crippen LogP contribution in [0.4, 0.5) is 0 Å². The van der Waals surface area contributed by atoms with Gasteiger partial charge in [0.2, 0.25) is 5.91 Å². The molecule has 1 saturated heterocycles. The van der Waals surface area contributed by atoms with Crippen LogP contribution in [0.25, 0.3) is 0 Å². The minimum atomic E-state index is -3.40. The molecule has 1 amide bonds. The van der Waals surface area contributed by atoms with Gasteiger partial charge >= 0.3 is 0 Å². The molecule has 1 aliphatic rings. The van der Waals surface area contributed by atoms with Crippen molar-refractivity contribution >= 4 is 27.3 Å². The summed E-state index contributed by atoms with van der Waals surface area (Å²) in [6.07, 6.45) is 0.684. The third kappa shape index (κ3) is 3.16. The lowest BCUT2D eigenvalue weighted by Crippen LogP contribution is -2.36. The van der Waals surface area contributed by atoms with Gasteiger partial charge in [-0.25, -0.2) is 8.42 Å². The fourth-order valence-corrected chi connectivity index (χ4v) is 5.03. The van der Waals surface area contributed by atoms with Gasteiger partial charge in [-0.15, -0.1) is 11.3 Å². The monoisotopic (exact) mass is 302 g/mol. The summed E-state index contributed by atoms with van der Waals surface area (Å²) in [5.74, 6) is 0.00576. The highest BCUT2D eigenvalue weighted by Crippen LogP contribution is 2.25. The number of amides is 1. The summed E-state index contributed by atoms with van der Waals surface area (Å²) in [5.41, 5.74) is 0. The fourth-order valence-electron chi connectivity index (χ4n) is 2.13. The zero-order valence-corrected chi connectivity index (χ0v) is 12.8. The topological polar surface area (TPSA) is 57.7 Å². The van der Waals surface area contributed by atoms with Crippen molar-refractivity contribution in [2.45, 2.75) is 24.5 Å². The zero-order chi connectivity index (χ0) is 14.0. The number of rotatable bonds is 2. The molecule has 0 bridgehead atoms. The molecule has 0 aliphatic carbocycles. The van der Waals surface area contributed by atoms with Crippen LogP contribution in [0.1, 0.15) is 18.2 Å².